The van der Waals surface area contributed by atoms with E-state index >= 15 is 0 Å². The van der Waals surface area contributed by atoms with Gasteiger partial charge in [-0.1, -0.05) is 37.3 Å². The molecule has 0 radical (unpaired) electrons. The highest BCUT2D eigenvalue weighted by molar-refractivity contribution is 5.14. The third kappa shape index (κ3) is 3.83. The van der Waals surface area contributed by atoms with Crippen molar-refractivity contribution in [3.63, 3.8) is 0 Å². The standard InChI is InChI=1S/C15H24N2/c1-2-17(15-12-16-13-15)11-7-6-10-14-8-4-3-5-9-14/h3-5,8-9,15-16H,2,6-7,10-13H2,1H3. The van der Waals surface area contributed by atoms with Crippen LogP contribution < -0.4 is 5.32 Å². The van der Waals surface area contributed by atoms with Gasteiger partial charge in [-0.15, -0.1) is 0 Å². The first-order valence-electron chi connectivity index (χ1n) is 6.89. The number of hydrogen-bond acceptors (Lipinski definition) is 2. The highest BCUT2D eigenvalue weighted by Crippen LogP contribution is 2.09. The zero-order valence-corrected chi connectivity index (χ0v) is 10.9. The predicted octanol–water partition coefficient (Wildman–Crippen LogP) is 2.30. The third-order valence-electron chi connectivity index (χ3n) is 3.69. The maximum Gasteiger partial charge on any atom is 0.0345 e. The molecule has 1 N–H and O–H groups in total. The minimum Gasteiger partial charge on any atom is -0.314 e. The molecule has 1 fully saturated rings. The van der Waals surface area contributed by atoms with Crippen LogP contribution in [-0.4, -0.2) is 37.1 Å². The van der Waals surface area contributed by atoms with Crippen LogP contribution in [0.25, 0.3) is 0 Å². The largest absolute Gasteiger partial charge is 0.314 e. The topological polar surface area (TPSA) is 15.3 Å². The molecule has 1 aromatic carbocycles. The van der Waals surface area contributed by atoms with Crippen molar-refractivity contribution in [2.75, 3.05) is 26.2 Å². The summed E-state index contributed by atoms with van der Waals surface area (Å²) in [5, 5.41) is 3.35. The van der Waals surface area contributed by atoms with Crippen LogP contribution in [0, 0.1) is 0 Å². The molecule has 0 saturated carbocycles. The molecule has 0 atom stereocenters. The van der Waals surface area contributed by atoms with Crippen molar-refractivity contribution < 1.29 is 0 Å². The van der Waals surface area contributed by atoms with Gasteiger partial charge in [0.15, 0.2) is 0 Å². The van der Waals surface area contributed by atoms with E-state index in [2.05, 4.69) is 47.5 Å². The molecule has 0 unspecified atom stereocenters. The lowest BCUT2D eigenvalue weighted by Crippen LogP contribution is -2.57. The first kappa shape index (κ1) is 12.6. The fraction of sp³-hybridized carbons (Fsp3) is 0.600. The maximum absolute atomic E-state index is 3.35. The van der Waals surface area contributed by atoms with Crippen LogP contribution in [0.1, 0.15) is 25.3 Å². The van der Waals surface area contributed by atoms with Crippen molar-refractivity contribution in [1.29, 1.82) is 0 Å². The number of nitrogens with one attached hydrogen (secondary N) is 1. The Morgan fingerprint density at radius 2 is 1.94 bits per heavy atom. The van der Waals surface area contributed by atoms with Gasteiger partial charge >= 0.3 is 0 Å². The smallest absolute Gasteiger partial charge is 0.0345 e. The van der Waals surface area contributed by atoms with Crippen LogP contribution in [0.4, 0.5) is 0 Å². The summed E-state index contributed by atoms with van der Waals surface area (Å²) >= 11 is 0. The second-order valence-corrected chi connectivity index (χ2v) is 4.88. The normalized spacial score (nSPS) is 16.1. The lowest BCUT2D eigenvalue weighted by atomic mass is 10.1. The Balaban J connectivity index is 1.62. The minimum atomic E-state index is 0.803. The van der Waals surface area contributed by atoms with E-state index < -0.39 is 0 Å². The Bertz CT molecular complexity index is 306. The average Bonchev–Trinajstić information content (AvgIpc) is 2.32. The quantitative estimate of drug-likeness (QED) is 0.726. The molecule has 2 heteroatoms. The number of aryl methyl sites for hydroxylation is 1. The summed E-state index contributed by atoms with van der Waals surface area (Å²) in [6.45, 7) is 7.10. The van der Waals surface area contributed by atoms with E-state index in [1.54, 1.807) is 0 Å². The molecule has 1 heterocycles. The van der Waals surface area contributed by atoms with Crippen LogP contribution in [0.2, 0.25) is 0 Å². The SMILES string of the molecule is CCN(CCCCc1ccccc1)C1CNC1. The highest BCUT2D eigenvalue weighted by atomic mass is 15.2. The molecule has 1 saturated heterocycles. The molecule has 0 amide bonds. The van der Waals surface area contributed by atoms with E-state index in [0.29, 0.717) is 0 Å². The number of benzene rings is 1. The van der Waals surface area contributed by atoms with Crippen molar-refractivity contribution in [3.05, 3.63) is 35.9 Å². The summed E-state index contributed by atoms with van der Waals surface area (Å²) in [6, 6.07) is 11.6. The lowest BCUT2D eigenvalue weighted by Gasteiger charge is -2.37. The Kier molecular flexibility index (Phi) is 5.02. The van der Waals surface area contributed by atoms with Crippen molar-refractivity contribution >= 4 is 0 Å². The highest BCUT2D eigenvalue weighted by Gasteiger charge is 2.22. The summed E-state index contributed by atoms with van der Waals surface area (Å²) in [5.41, 5.74) is 1.47. The predicted molar refractivity (Wildman–Crippen MR) is 73.3 cm³/mol. The zero-order chi connectivity index (χ0) is 11.9. The monoisotopic (exact) mass is 232 g/mol. The molecule has 1 aliphatic heterocycles. The third-order valence-corrected chi connectivity index (χ3v) is 3.69. The van der Waals surface area contributed by atoms with Crippen LogP contribution in [0.3, 0.4) is 0 Å². The van der Waals surface area contributed by atoms with Crippen molar-refractivity contribution in [1.82, 2.24) is 10.2 Å². The van der Waals surface area contributed by atoms with Crippen LogP contribution in [-0.2, 0) is 6.42 Å². The molecular weight excluding hydrogens is 208 g/mol. The molecule has 2 nitrogen and oxygen atoms in total. The summed E-state index contributed by atoms with van der Waals surface area (Å²) < 4.78 is 0. The van der Waals surface area contributed by atoms with Crippen LogP contribution >= 0.6 is 0 Å². The lowest BCUT2D eigenvalue weighted by molar-refractivity contribution is 0.150. The molecule has 17 heavy (non-hydrogen) atoms. The fourth-order valence-electron chi connectivity index (χ4n) is 2.42. The molecule has 1 aromatic rings. The van der Waals surface area contributed by atoms with E-state index in [1.165, 1.54) is 51.0 Å². The van der Waals surface area contributed by atoms with E-state index in [4.69, 9.17) is 0 Å². The number of hydrogen-bond donors (Lipinski definition) is 1. The van der Waals surface area contributed by atoms with Crippen molar-refractivity contribution in [3.8, 4) is 0 Å². The van der Waals surface area contributed by atoms with Crippen molar-refractivity contribution in [2.24, 2.45) is 0 Å². The van der Waals surface area contributed by atoms with Gasteiger partial charge < -0.3 is 5.32 Å². The molecule has 1 aliphatic rings. The number of unbranched alkanes of at least 4 members (excludes halogenated alkanes) is 1. The van der Waals surface area contributed by atoms with Gasteiger partial charge in [0, 0.05) is 19.1 Å². The van der Waals surface area contributed by atoms with Gasteiger partial charge in [0.1, 0.15) is 0 Å². The van der Waals surface area contributed by atoms with Gasteiger partial charge in [-0.2, -0.15) is 0 Å². The van der Waals surface area contributed by atoms with E-state index in [-0.39, 0.29) is 0 Å². The van der Waals surface area contributed by atoms with E-state index in [0.717, 1.165) is 6.04 Å². The number of likely N-dealkylation sites (N-methyl/N-ethyl adjacent to an activating group) is 1. The number of nitrogens with zero attached hydrogens (tertiary/aromatic N) is 1. The average molecular weight is 232 g/mol. The van der Waals surface area contributed by atoms with Gasteiger partial charge in [-0.05, 0) is 37.9 Å². The second kappa shape index (κ2) is 6.77. The fourth-order valence-corrected chi connectivity index (χ4v) is 2.42. The minimum absolute atomic E-state index is 0.803. The van der Waals surface area contributed by atoms with Gasteiger partial charge in [0.25, 0.3) is 0 Å². The maximum atomic E-state index is 3.35. The molecular formula is C15H24N2. The summed E-state index contributed by atoms with van der Waals surface area (Å²) in [5.74, 6) is 0. The first-order valence-corrected chi connectivity index (χ1v) is 6.89. The summed E-state index contributed by atoms with van der Waals surface area (Å²) in [7, 11) is 0. The Morgan fingerprint density at radius 1 is 1.18 bits per heavy atom. The summed E-state index contributed by atoms with van der Waals surface area (Å²) in [6.07, 6.45) is 3.85. The van der Waals surface area contributed by atoms with Gasteiger partial charge in [0.2, 0.25) is 0 Å². The molecule has 0 aliphatic carbocycles. The Morgan fingerprint density at radius 3 is 2.53 bits per heavy atom. The zero-order valence-electron chi connectivity index (χ0n) is 10.9. The Labute approximate surface area is 105 Å². The van der Waals surface area contributed by atoms with Crippen LogP contribution in [0.15, 0.2) is 30.3 Å². The molecule has 94 valence electrons. The summed E-state index contributed by atoms with van der Waals surface area (Å²) in [4.78, 5) is 2.61. The number of rotatable bonds is 7. The molecule has 0 bridgehead atoms. The first-order chi connectivity index (χ1) is 8.40. The Hall–Kier alpha value is -0.860. The molecule has 2 rings (SSSR count). The van der Waals surface area contributed by atoms with Gasteiger partial charge in [0.05, 0.1) is 0 Å². The van der Waals surface area contributed by atoms with Gasteiger partial charge in [-0.3, -0.25) is 4.90 Å². The van der Waals surface area contributed by atoms with Crippen molar-refractivity contribution in [2.45, 2.75) is 32.2 Å². The van der Waals surface area contributed by atoms with Crippen LogP contribution in [0.5, 0.6) is 0 Å². The molecule has 0 spiro atoms. The van der Waals surface area contributed by atoms with E-state index in [1.807, 2.05) is 0 Å². The molecule has 0 aromatic heterocycles. The second-order valence-electron chi connectivity index (χ2n) is 4.88. The van der Waals surface area contributed by atoms with Gasteiger partial charge in [-0.25, -0.2) is 0 Å². The van der Waals surface area contributed by atoms with E-state index in [9.17, 15) is 0 Å².